The molecule has 2 aromatic heterocycles. The minimum atomic E-state index is 0.0337. The maximum atomic E-state index is 11.2. The number of carbonyl (C=O) groups is 1. The van der Waals surface area contributed by atoms with E-state index in [9.17, 15) is 4.79 Å². The van der Waals surface area contributed by atoms with Gasteiger partial charge in [-0.2, -0.15) is 10.2 Å². The van der Waals surface area contributed by atoms with Crippen molar-refractivity contribution in [2.75, 3.05) is 0 Å². The van der Waals surface area contributed by atoms with E-state index < -0.39 is 0 Å². The van der Waals surface area contributed by atoms with Crippen LogP contribution in [-0.2, 0) is 6.54 Å². The SMILES string of the molecule is CCC(C)n1ccc(Cn2cc(C(C)=O)cn2)n1. The summed E-state index contributed by atoms with van der Waals surface area (Å²) in [5, 5.41) is 8.65. The summed E-state index contributed by atoms with van der Waals surface area (Å²) < 4.78 is 3.70. The molecule has 5 heteroatoms. The van der Waals surface area contributed by atoms with Crippen LogP contribution in [0, 0.1) is 0 Å². The van der Waals surface area contributed by atoms with E-state index in [0.717, 1.165) is 12.1 Å². The smallest absolute Gasteiger partial charge is 0.162 e. The first-order valence-corrected chi connectivity index (χ1v) is 6.17. The van der Waals surface area contributed by atoms with E-state index in [1.54, 1.807) is 24.0 Å². The Balaban J connectivity index is 2.08. The van der Waals surface area contributed by atoms with E-state index in [-0.39, 0.29) is 5.78 Å². The molecule has 0 fully saturated rings. The van der Waals surface area contributed by atoms with Crippen LogP contribution >= 0.6 is 0 Å². The van der Waals surface area contributed by atoms with E-state index in [4.69, 9.17) is 0 Å². The molecule has 0 saturated heterocycles. The summed E-state index contributed by atoms with van der Waals surface area (Å²) in [4.78, 5) is 11.2. The molecule has 0 spiro atoms. The molecule has 0 aliphatic heterocycles. The lowest BCUT2D eigenvalue weighted by Gasteiger charge is -2.08. The molecule has 0 aliphatic rings. The Hall–Kier alpha value is -1.91. The molecular formula is C13H18N4O. The normalized spacial score (nSPS) is 12.6. The minimum absolute atomic E-state index is 0.0337. The lowest BCUT2D eigenvalue weighted by atomic mass is 10.3. The number of carbonyl (C=O) groups excluding carboxylic acids is 1. The zero-order valence-electron chi connectivity index (χ0n) is 11.0. The highest BCUT2D eigenvalue weighted by Crippen LogP contribution is 2.10. The third kappa shape index (κ3) is 2.67. The molecule has 96 valence electrons. The van der Waals surface area contributed by atoms with Crippen LogP contribution in [0.3, 0.4) is 0 Å². The zero-order chi connectivity index (χ0) is 13.1. The molecular weight excluding hydrogens is 228 g/mol. The predicted octanol–water partition coefficient (Wildman–Crippen LogP) is 2.30. The highest BCUT2D eigenvalue weighted by Gasteiger charge is 2.07. The summed E-state index contributed by atoms with van der Waals surface area (Å²) in [5.74, 6) is 0.0337. The number of hydrogen-bond donors (Lipinski definition) is 0. The molecule has 2 aromatic rings. The van der Waals surface area contributed by atoms with Gasteiger partial charge < -0.3 is 0 Å². The third-order valence-corrected chi connectivity index (χ3v) is 3.07. The molecule has 0 bridgehead atoms. The van der Waals surface area contributed by atoms with Crippen molar-refractivity contribution in [3.05, 3.63) is 35.9 Å². The van der Waals surface area contributed by atoms with Gasteiger partial charge in [-0.1, -0.05) is 6.92 Å². The van der Waals surface area contributed by atoms with Gasteiger partial charge in [0.05, 0.1) is 24.0 Å². The molecule has 0 amide bonds. The van der Waals surface area contributed by atoms with Gasteiger partial charge in [-0.25, -0.2) is 0 Å². The third-order valence-electron chi connectivity index (χ3n) is 3.07. The molecule has 1 unspecified atom stereocenters. The molecule has 0 N–H and O–H groups in total. The minimum Gasteiger partial charge on any atom is -0.294 e. The van der Waals surface area contributed by atoms with E-state index >= 15 is 0 Å². The second-order valence-electron chi connectivity index (χ2n) is 4.53. The number of nitrogens with zero attached hydrogens (tertiary/aromatic N) is 4. The lowest BCUT2D eigenvalue weighted by Crippen LogP contribution is -2.06. The van der Waals surface area contributed by atoms with Crippen LogP contribution in [0.1, 0.15) is 49.3 Å². The Bertz CT molecular complexity index is 541. The molecule has 0 saturated carbocycles. The molecule has 1 atom stereocenters. The van der Waals surface area contributed by atoms with E-state index in [0.29, 0.717) is 18.2 Å². The van der Waals surface area contributed by atoms with Gasteiger partial charge in [0.2, 0.25) is 0 Å². The van der Waals surface area contributed by atoms with Crippen molar-refractivity contribution in [2.45, 2.75) is 39.8 Å². The first-order chi connectivity index (χ1) is 8.60. The Morgan fingerprint density at radius 2 is 2.28 bits per heavy atom. The van der Waals surface area contributed by atoms with Crippen LogP contribution in [0.5, 0.6) is 0 Å². The Morgan fingerprint density at radius 3 is 2.89 bits per heavy atom. The van der Waals surface area contributed by atoms with E-state index in [1.165, 1.54) is 0 Å². The molecule has 0 aromatic carbocycles. The second-order valence-corrected chi connectivity index (χ2v) is 4.53. The maximum Gasteiger partial charge on any atom is 0.162 e. The summed E-state index contributed by atoms with van der Waals surface area (Å²) in [7, 11) is 0. The Morgan fingerprint density at radius 1 is 1.50 bits per heavy atom. The second kappa shape index (κ2) is 5.16. The molecule has 5 nitrogen and oxygen atoms in total. The van der Waals surface area contributed by atoms with Gasteiger partial charge in [-0.05, 0) is 26.3 Å². The topological polar surface area (TPSA) is 52.7 Å². The fraction of sp³-hybridized carbons (Fsp3) is 0.462. The average molecular weight is 246 g/mol. The molecule has 0 radical (unpaired) electrons. The van der Waals surface area contributed by atoms with Gasteiger partial charge in [0.25, 0.3) is 0 Å². The van der Waals surface area contributed by atoms with Gasteiger partial charge in [0, 0.05) is 18.4 Å². The largest absolute Gasteiger partial charge is 0.294 e. The van der Waals surface area contributed by atoms with Crippen molar-refractivity contribution in [2.24, 2.45) is 0 Å². The van der Waals surface area contributed by atoms with Crippen molar-refractivity contribution in [3.8, 4) is 0 Å². The van der Waals surface area contributed by atoms with Crippen molar-refractivity contribution in [1.29, 1.82) is 0 Å². The van der Waals surface area contributed by atoms with Crippen LogP contribution < -0.4 is 0 Å². The fourth-order valence-corrected chi connectivity index (χ4v) is 1.69. The standard InChI is InChI=1S/C13H18N4O/c1-4-10(2)17-6-5-13(15-17)9-16-8-12(7-14-16)11(3)18/h5-8,10H,4,9H2,1-3H3. The van der Waals surface area contributed by atoms with Gasteiger partial charge in [0.1, 0.15) is 0 Å². The van der Waals surface area contributed by atoms with Crippen LogP contribution in [0.4, 0.5) is 0 Å². The van der Waals surface area contributed by atoms with Crippen molar-refractivity contribution in [1.82, 2.24) is 19.6 Å². The van der Waals surface area contributed by atoms with Gasteiger partial charge in [-0.15, -0.1) is 0 Å². The maximum absolute atomic E-state index is 11.2. The fourth-order valence-electron chi connectivity index (χ4n) is 1.69. The molecule has 2 heterocycles. The summed E-state index contributed by atoms with van der Waals surface area (Å²) in [6.45, 7) is 6.41. The number of aromatic nitrogens is 4. The number of rotatable bonds is 5. The van der Waals surface area contributed by atoms with Crippen LogP contribution in [0.25, 0.3) is 0 Å². The van der Waals surface area contributed by atoms with Crippen LogP contribution in [-0.4, -0.2) is 25.3 Å². The summed E-state index contributed by atoms with van der Waals surface area (Å²) in [5.41, 5.74) is 1.59. The van der Waals surface area contributed by atoms with Gasteiger partial charge >= 0.3 is 0 Å². The lowest BCUT2D eigenvalue weighted by molar-refractivity contribution is 0.101. The Labute approximate surface area is 106 Å². The number of hydrogen-bond acceptors (Lipinski definition) is 3. The highest BCUT2D eigenvalue weighted by molar-refractivity contribution is 5.93. The van der Waals surface area contributed by atoms with Crippen LogP contribution in [0.15, 0.2) is 24.7 Å². The van der Waals surface area contributed by atoms with E-state index in [2.05, 4.69) is 24.0 Å². The quantitative estimate of drug-likeness (QED) is 0.761. The summed E-state index contributed by atoms with van der Waals surface area (Å²) >= 11 is 0. The van der Waals surface area contributed by atoms with Crippen molar-refractivity contribution in [3.63, 3.8) is 0 Å². The predicted molar refractivity (Wildman–Crippen MR) is 68.6 cm³/mol. The molecule has 0 aliphatic carbocycles. The summed E-state index contributed by atoms with van der Waals surface area (Å²) in [6, 6.07) is 2.39. The first-order valence-electron chi connectivity index (χ1n) is 6.17. The van der Waals surface area contributed by atoms with Gasteiger partial charge in [0.15, 0.2) is 5.78 Å². The van der Waals surface area contributed by atoms with Gasteiger partial charge in [-0.3, -0.25) is 14.2 Å². The Kier molecular flexibility index (Phi) is 3.60. The average Bonchev–Trinajstić information content (AvgIpc) is 2.98. The number of ketones is 1. The first kappa shape index (κ1) is 12.5. The highest BCUT2D eigenvalue weighted by atomic mass is 16.1. The number of Topliss-reactive ketones (excluding diaryl/α,β-unsaturated/α-hetero) is 1. The van der Waals surface area contributed by atoms with Crippen molar-refractivity contribution >= 4 is 5.78 Å². The van der Waals surface area contributed by atoms with E-state index in [1.807, 2.05) is 16.9 Å². The zero-order valence-corrected chi connectivity index (χ0v) is 11.0. The molecule has 2 rings (SSSR count). The van der Waals surface area contributed by atoms with Crippen LogP contribution in [0.2, 0.25) is 0 Å². The monoisotopic (exact) mass is 246 g/mol. The molecule has 18 heavy (non-hydrogen) atoms. The van der Waals surface area contributed by atoms with Crippen molar-refractivity contribution < 1.29 is 4.79 Å². The summed E-state index contributed by atoms with van der Waals surface area (Å²) in [6.07, 6.45) is 6.38.